The molecule has 2 N–H and O–H groups in total. The van der Waals surface area contributed by atoms with E-state index in [0.717, 1.165) is 17.7 Å². The van der Waals surface area contributed by atoms with Gasteiger partial charge in [0.15, 0.2) is 5.96 Å². The van der Waals surface area contributed by atoms with E-state index in [2.05, 4.69) is 27.8 Å². The van der Waals surface area contributed by atoms with Gasteiger partial charge >= 0.3 is 0 Å². The van der Waals surface area contributed by atoms with Crippen molar-refractivity contribution in [3.63, 3.8) is 0 Å². The number of amides is 2. The molecular weight excluding hydrogens is 519 g/mol. The summed E-state index contributed by atoms with van der Waals surface area (Å²) in [4.78, 5) is 31.2. The second-order valence-electron chi connectivity index (χ2n) is 8.84. The van der Waals surface area contributed by atoms with Crippen molar-refractivity contribution < 1.29 is 14.3 Å². The van der Waals surface area contributed by atoms with E-state index in [4.69, 9.17) is 4.74 Å². The number of hydrogen-bond acceptors (Lipinski definition) is 4. The number of guanidine groups is 1. The van der Waals surface area contributed by atoms with Crippen LogP contribution in [0, 0.1) is 23.7 Å². The first-order chi connectivity index (χ1) is 15.0. The number of imide groups is 1. The highest BCUT2D eigenvalue weighted by Crippen LogP contribution is 2.52. The Bertz CT molecular complexity index is 854. The van der Waals surface area contributed by atoms with Gasteiger partial charge in [0, 0.05) is 26.7 Å². The molecule has 0 spiro atoms. The number of carbonyl (C=O) groups excluding carboxylic acids is 2. The van der Waals surface area contributed by atoms with Crippen molar-refractivity contribution in [3.8, 4) is 5.75 Å². The van der Waals surface area contributed by atoms with E-state index in [0.29, 0.717) is 32.0 Å². The normalized spacial score (nSPS) is 25.9. The third kappa shape index (κ3) is 5.10. The molecule has 174 valence electrons. The maximum Gasteiger partial charge on any atom is 0.233 e. The van der Waals surface area contributed by atoms with Crippen molar-refractivity contribution >= 4 is 41.8 Å². The summed E-state index contributed by atoms with van der Waals surface area (Å²) in [6, 6.07) is 7.99. The SMILES string of the molecule is CN=C(NCCCN1C(=O)C2C3C=CC(C3)C2C1=O)NCc1ccc(OC(C)C)cc1.I. The number of allylic oxidation sites excluding steroid dienone is 2. The first kappa shape index (κ1) is 24.5. The molecule has 4 rings (SSSR count). The van der Waals surface area contributed by atoms with Crippen molar-refractivity contribution in [1.29, 1.82) is 0 Å². The lowest BCUT2D eigenvalue weighted by Gasteiger charge is -2.18. The van der Waals surface area contributed by atoms with Crippen LogP contribution in [0.4, 0.5) is 0 Å². The number of fused-ring (bicyclic) bond motifs is 5. The molecule has 1 aromatic carbocycles. The van der Waals surface area contributed by atoms with E-state index in [9.17, 15) is 9.59 Å². The molecular formula is C24H33IN4O3. The van der Waals surface area contributed by atoms with Crippen LogP contribution in [-0.4, -0.2) is 48.9 Å². The van der Waals surface area contributed by atoms with Crippen molar-refractivity contribution in [2.45, 2.75) is 39.3 Å². The van der Waals surface area contributed by atoms with Gasteiger partial charge in [-0.25, -0.2) is 0 Å². The molecule has 1 aliphatic heterocycles. The Kier molecular flexibility index (Phi) is 8.19. The molecule has 2 fully saturated rings. The largest absolute Gasteiger partial charge is 0.491 e. The third-order valence-corrected chi connectivity index (χ3v) is 6.39. The van der Waals surface area contributed by atoms with Crippen molar-refractivity contribution in [2.75, 3.05) is 20.1 Å². The van der Waals surface area contributed by atoms with Crippen molar-refractivity contribution in [2.24, 2.45) is 28.7 Å². The molecule has 2 amide bonds. The van der Waals surface area contributed by atoms with Gasteiger partial charge in [0.05, 0.1) is 17.9 Å². The summed E-state index contributed by atoms with van der Waals surface area (Å²) in [5.74, 6) is 1.93. The molecule has 0 aromatic heterocycles. The predicted octanol–water partition coefficient (Wildman–Crippen LogP) is 2.95. The lowest BCUT2D eigenvalue weighted by Crippen LogP contribution is -2.39. The van der Waals surface area contributed by atoms with Crippen LogP contribution in [0.25, 0.3) is 0 Å². The number of carbonyl (C=O) groups is 2. The Morgan fingerprint density at radius 1 is 1.09 bits per heavy atom. The van der Waals surface area contributed by atoms with Gasteiger partial charge in [-0.2, -0.15) is 0 Å². The minimum absolute atomic E-state index is 0. The minimum atomic E-state index is -0.109. The van der Waals surface area contributed by atoms with Crippen LogP contribution < -0.4 is 15.4 Å². The van der Waals surface area contributed by atoms with Crippen molar-refractivity contribution in [1.82, 2.24) is 15.5 Å². The summed E-state index contributed by atoms with van der Waals surface area (Å²) in [5.41, 5.74) is 1.13. The number of nitrogens with one attached hydrogen (secondary N) is 2. The predicted molar refractivity (Wildman–Crippen MR) is 135 cm³/mol. The standard InChI is InChI=1S/C24H32N4O3.HI/c1-15(2)31-19-9-5-16(6-10-19)14-27-24(25-3)26-11-4-12-28-22(29)20-17-7-8-18(13-17)21(20)23(28)30;/h5-10,15,17-18,20-21H,4,11-14H2,1-3H3,(H2,25,26,27);1H. The number of likely N-dealkylation sites (tertiary alicyclic amines) is 1. The number of aliphatic imine (C=N–C) groups is 1. The Morgan fingerprint density at radius 2 is 1.72 bits per heavy atom. The lowest BCUT2D eigenvalue weighted by molar-refractivity contribution is -0.140. The molecule has 8 heteroatoms. The van der Waals surface area contributed by atoms with Crippen LogP contribution in [0.2, 0.25) is 0 Å². The van der Waals surface area contributed by atoms with Gasteiger partial charge in [-0.3, -0.25) is 19.5 Å². The molecule has 7 nitrogen and oxygen atoms in total. The fourth-order valence-corrected chi connectivity index (χ4v) is 4.99. The van der Waals surface area contributed by atoms with Crippen LogP contribution in [0.1, 0.15) is 32.3 Å². The first-order valence-corrected chi connectivity index (χ1v) is 11.2. The summed E-state index contributed by atoms with van der Waals surface area (Å²) < 4.78 is 5.67. The number of halogens is 1. The summed E-state index contributed by atoms with van der Waals surface area (Å²) in [6.45, 7) is 5.76. The number of rotatable bonds is 8. The fraction of sp³-hybridized carbons (Fsp3) is 0.542. The van der Waals surface area contributed by atoms with Gasteiger partial charge in [-0.15, -0.1) is 24.0 Å². The van der Waals surface area contributed by atoms with Crippen LogP contribution in [0.3, 0.4) is 0 Å². The van der Waals surface area contributed by atoms with Gasteiger partial charge in [0.1, 0.15) is 5.75 Å². The smallest absolute Gasteiger partial charge is 0.233 e. The van der Waals surface area contributed by atoms with Gasteiger partial charge in [-0.1, -0.05) is 24.3 Å². The highest BCUT2D eigenvalue weighted by Gasteiger charge is 2.58. The summed E-state index contributed by atoms with van der Waals surface area (Å²) in [6.07, 6.45) is 6.08. The molecule has 1 saturated carbocycles. The monoisotopic (exact) mass is 552 g/mol. The van der Waals surface area contributed by atoms with E-state index < -0.39 is 0 Å². The second kappa shape index (κ2) is 10.7. The number of nitrogens with zero attached hydrogens (tertiary/aromatic N) is 2. The van der Waals surface area contributed by atoms with Gasteiger partial charge in [0.2, 0.25) is 11.8 Å². The molecule has 2 bridgehead atoms. The average Bonchev–Trinajstić information content (AvgIpc) is 3.43. The Morgan fingerprint density at radius 3 is 2.28 bits per heavy atom. The molecule has 1 saturated heterocycles. The van der Waals surface area contributed by atoms with Crippen LogP contribution in [0.15, 0.2) is 41.4 Å². The molecule has 4 unspecified atom stereocenters. The Labute approximate surface area is 207 Å². The summed E-state index contributed by atoms with van der Waals surface area (Å²) in [5, 5.41) is 6.55. The number of hydrogen-bond donors (Lipinski definition) is 2. The summed E-state index contributed by atoms with van der Waals surface area (Å²) >= 11 is 0. The molecule has 32 heavy (non-hydrogen) atoms. The third-order valence-electron chi connectivity index (χ3n) is 6.39. The molecule has 1 heterocycles. The molecule has 1 aromatic rings. The van der Waals surface area contributed by atoms with E-state index in [1.165, 1.54) is 4.90 Å². The van der Waals surface area contributed by atoms with Crippen LogP contribution in [-0.2, 0) is 16.1 Å². The van der Waals surface area contributed by atoms with Gasteiger partial charge < -0.3 is 15.4 Å². The van der Waals surface area contributed by atoms with Crippen LogP contribution in [0.5, 0.6) is 5.75 Å². The zero-order valence-electron chi connectivity index (χ0n) is 18.9. The molecule has 3 aliphatic rings. The average molecular weight is 552 g/mol. The Balaban J connectivity index is 0.00000289. The number of ether oxygens (including phenoxy) is 1. The fourth-order valence-electron chi connectivity index (χ4n) is 4.99. The highest BCUT2D eigenvalue weighted by molar-refractivity contribution is 14.0. The van der Waals surface area contributed by atoms with E-state index >= 15 is 0 Å². The molecule has 4 atom stereocenters. The highest BCUT2D eigenvalue weighted by atomic mass is 127. The van der Waals surface area contributed by atoms with E-state index in [1.807, 2.05) is 38.1 Å². The van der Waals surface area contributed by atoms with Gasteiger partial charge in [0.25, 0.3) is 0 Å². The van der Waals surface area contributed by atoms with Crippen LogP contribution >= 0.6 is 24.0 Å². The van der Waals surface area contributed by atoms with Gasteiger partial charge in [-0.05, 0) is 56.2 Å². The number of benzene rings is 1. The van der Waals surface area contributed by atoms with Crippen molar-refractivity contribution in [3.05, 3.63) is 42.0 Å². The first-order valence-electron chi connectivity index (χ1n) is 11.2. The zero-order valence-corrected chi connectivity index (χ0v) is 21.2. The maximum atomic E-state index is 12.7. The Hall–Kier alpha value is -2.10. The maximum absolute atomic E-state index is 12.7. The minimum Gasteiger partial charge on any atom is -0.491 e. The summed E-state index contributed by atoms with van der Waals surface area (Å²) in [7, 11) is 1.73. The molecule has 2 aliphatic carbocycles. The molecule has 0 radical (unpaired) electrons. The van der Waals surface area contributed by atoms with E-state index in [1.54, 1.807) is 7.05 Å². The quantitative estimate of drug-likeness (QED) is 0.130. The zero-order chi connectivity index (χ0) is 22.0. The topological polar surface area (TPSA) is 83.0 Å². The second-order valence-corrected chi connectivity index (χ2v) is 8.84. The van der Waals surface area contributed by atoms with E-state index in [-0.39, 0.29) is 65.6 Å². The lowest BCUT2D eigenvalue weighted by atomic mass is 9.85.